The molecule has 0 aliphatic carbocycles. The summed E-state index contributed by atoms with van der Waals surface area (Å²) in [7, 11) is 1.58. The van der Waals surface area contributed by atoms with Gasteiger partial charge in [-0.25, -0.2) is 14.6 Å². The molecule has 12 heteroatoms. The summed E-state index contributed by atoms with van der Waals surface area (Å²) >= 11 is 0. The fraction of sp³-hybridized carbons (Fsp3) is 0.552. The summed E-state index contributed by atoms with van der Waals surface area (Å²) in [5, 5.41) is 15.2. The topological polar surface area (TPSA) is 113 Å². The zero-order valence-electron chi connectivity index (χ0n) is 23.3. The van der Waals surface area contributed by atoms with E-state index in [1.165, 1.54) is 29.8 Å². The van der Waals surface area contributed by atoms with Gasteiger partial charge < -0.3 is 30.1 Å². The Kier molecular flexibility index (Phi) is 12.7. The van der Waals surface area contributed by atoms with Crippen molar-refractivity contribution in [3.05, 3.63) is 59.3 Å². The number of ether oxygens (including phenoxy) is 2. The van der Waals surface area contributed by atoms with Crippen molar-refractivity contribution in [2.24, 2.45) is 0 Å². The van der Waals surface area contributed by atoms with Gasteiger partial charge in [0.15, 0.2) is 0 Å². The Morgan fingerprint density at radius 1 is 1.12 bits per heavy atom. The third-order valence-corrected chi connectivity index (χ3v) is 7.02. The number of amides is 1. The molecule has 1 aliphatic rings. The quantitative estimate of drug-likeness (QED) is 0.247. The van der Waals surface area contributed by atoms with E-state index in [1.54, 1.807) is 13.2 Å². The minimum atomic E-state index is -4.64. The van der Waals surface area contributed by atoms with Crippen LogP contribution in [0.25, 0.3) is 0 Å². The zero-order chi connectivity index (χ0) is 29.7. The number of carboxylic acids is 1. The third kappa shape index (κ3) is 10.8. The minimum Gasteiger partial charge on any atom is -0.480 e. The molecule has 3 N–H and O–H groups in total. The number of methoxy groups -OCH3 is 1. The highest BCUT2D eigenvalue weighted by Gasteiger charge is 2.41. The van der Waals surface area contributed by atoms with Gasteiger partial charge in [0.1, 0.15) is 24.4 Å². The number of hydrogen-bond donors (Lipinski definition) is 3. The number of nitrogens with zero attached hydrogens (tertiary/aromatic N) is 2. The predicted octanol–water partition coefficient (Wildman–Crippen LogP) is 4.63. The molecule has 0 spiro atoms. The first kappa shape index (κ1) is 32.1. The van der Waals surface area contributed by atoms with Crippen molar-refractivity contribution < 1.29 is 37.3 Å². The summed E-state index contributed by atoms with van der Waals surface area (Å²) < 4.78 is 50.6. The van der Waals surface area contributed by atoms with Crippen LogP contribution in [-0.4, -0.2) is 85.8 Å². The number of aromatic nitrogens is 1. The number of alkyl carbamates (subject to hydrolysis) is 1. The van der Waals surface area contributed by atoms with Crippen LogP contribution in [-0.2, 0) is 27.1 Å². The number of unbranched alkanes of at least 4 members (excludes halogenated alkanes) is 1. The maximum absolute atomic E-state index is 13.5. The van der Waals surface area contributed by atoms with Gasteiger partial charge in [-0.1, -0.05) is 36.4 Å². The van der Waals surface area contributed by atoms with Crippen LogP contribution < -0.4 is 10.6 Å². The Bertz CT molecular complexity index is 1100. The lowest BCUT2D eigenvalue weighted by Gasteiger charge is -2.24. The number of rotatable bonds is 16. The van der Waals surface area contributed by atoms with E-state index in [1.807, 2.05) is 4.90 Å². The molecular weight excluding hydrogens is 541 g/mol. The lowest BCUT2D eigenvalue weighted by Crippen LogP contribution is -2.44. The van der Waals surface area contributed by atoms with Crippen LogP contribution in [0.15, 0.2) is 42.5 Å². The lowest BCUT2D eigenvalue weighted by atomic mass is 10.00. The van der Waals surface area contributed by atoms with Gasteiger partial charge in [-0.05, 0) is 62.3 Å². The van der Waals surface area contributed by atoms with E-state index in [-0.39, 0.29) is 12.0 Å². The van der Waals surface area contributed by atoms with Gasteiger partial charge in [0.2, 0.25) is 0 Å². The molecule has 3 rings (SSSR count). The third-order valence-electron chi connectivity index (χ3n) is 7.02. The molecule has 0 bridgehead atoms. The zero-order valence-corrected chi connectivity index (χ0v) is 23.3. The molecule has 2 atom stereocenters. The number of pyridine rings is 1. The Labute approximate surface area is 238 Å². The molecule has 0 radical (unpaired) electrons. The molecule has 2 heterocycles. The molecular formula is C29H39F3N4O5. The van der Waals surface area contributed by atoms with Gasteiger partial charge in [-0.2, -0.15) is 13.2 Å². The smallest absolute Gasteiger partial charge is 0.407 e. The second-order valence-corrected chi connectivity index (χ2v) is 10.1. The van der Waals surface area contributed by atoms with Crippen LogP contribution in [0, 0.1) is 0 Å². The number of alkyl halides is 3. The maximum atomic E-state index is 13.5. The number of nitrogens with one attached hydrogen (secondary N) is 2. The van der Waals surface area contributed by atoms with Crippen LogP contribution in [0.4, 0.5) is 23.8 Å². The van der Waals surface area contributed by atoms with E-state index in [9.17, 15) is 27.9 Å². The van der Waals surface area contributed by atoms with Crippen LogP contribution in [0.1, 0.15) is 48.4 Å². The van der Waals surface area contributed by atoms with Crippen molar-refractivity contribution in [2.75, 3.05) is 51.8 Å². The molecule has 0 saturated heterocycles. The first-order valence-electron chi connectivity index (χ1n) is 13.9. The number of fused-ring (bicyclic) bond motifs is 1. The van der Waals surface area contributed by atoms with Gasteiger partial charge in [0.25, 0.3) is 0 Å². The normalized spacial score (nSPS) is 14.6. The SMILES string of the molecule is COCCN(CCCCc1ccc2c(n1)NCCC2)CCC(NC(=O)OCC(c1ccccc1)C(F)(F)F)C(=O)O. The molecule has 2 aromatic rings. The van der Waals surface area contributed by atoms with E-state index in [4.69, 9.17) is 14.5 Å². The molecule has 1 amide bonds. The fourth-order valence-electron chi connectivity index (χ4n) is 4.68. The molecule has 0 fully saturated rings. The number of halogens is 3. The number of carboxylic acid groups (broad SMARTS) is 1. The molecule has 1 aromatic carbocycles. The van der Waals surface area contributed by atoms with E-state index in [0.29, 0.717) is 26.2 Å². The van der Waals surface area contributed by atoms with E-state index in [2.05, 4.69) is 22.8 Å². The van der Waals surface area contributed by atoms with Gasteiger partial charge >= 0.3 is 18.2 Å². The lowest BCUT2D eigenvalue weighted by molar-refractivity contribution is -0.158. The van der Waals surface area contributed by atoms with Gasteiger partial charge in [0.05, 0.1) is 6.61 Å². The Hall–Kier alpha value is -3.38. The first-order chi connectivity index (χ1) is 19.7. The van der Waals surface area contributed by atoms with Crippen LogP contribution in [0.2, 0.25) is 0 Å². The molecule has 41 heavy (non-hydrogen) atoms. The molecule has 0 saturated carbocycles. The average molecular weight is 581 g/mol. The first-order valence-corrected chi connectivity index (χ1v) is 13.9. The number of aliphatic carboxylic acids is 1. The van der Waals surface area contributed by atoms with E-state index >= 15 is 0 Å². The molecule has 1 aromatic heterocycles. The minimum absolute atomic E-state index is 0.0459. The van der Waals surface area contributed by atoms with Crippen molar-refractivity contribution in [2.45, 2.75) is 56.7 Å². The molecule has 1 aliphatic heterocycles. The number of aryl methyl sites for hydroxylation is 2. The predicted molar refractivity (Wildman–Crippen MR) is 148 cm³/mol. The summed E-state index contributed by atoms with van der Waals surface area (Å²) in [6.45, 7) is 2.02. The second-order valence-electron chi connectivity index (χ2n) is 10.1. The van der Waals surface area contributed by atoms with Crippen molar-refractivity contribution in [1.29, 1.82) is 0 Å². The van der Waals surface area contributed by atoms with Crippen molar-refractivity contribution in [3.63, 3.8) is 0 Å². The van der Waals surface area contributed by atoms with E-state index in [0.717, 1.165) is 50.2 Å². The molecule has 9 nitrogen and oxygen atoms in total. The number of hydrogen-bond acceptors (Lipinski definition) is 7. The summed E-state index contributed by atoms with van der Waals surface area (Å²) in [6, 6.07) is 9.99. The van der Waals surface area contributed by atoms with Crippen molar-refractivity contribution in [3.8, 4) is 0 Å². The van der Waals surface area contributed by atoms with Gasteiger partial charge in [-0.3, -0.25) is 0 Å². The Morgan fingerprint density at radius 3 is 2.61 bits per heavy atom. The number of anilines is 1. The molecule has 2 unspecified atom stereocenters. The summed E-state index contributed by atoms with van der Waals surface area (Å²) in [5.41, 5.74) is 2.22. The number of benzene rings is 1. The van der Waals surface area contributed by atoms with Crippen molar-refractivity contribution in [1.82, 2.24) is 15.2 Å². The Balaban J connectivity index is 1.46. The summed E-state index contributed by atoms with van der Waals surface area (Å²) in [5.74, 6) is -2.35. The molecule has 226 valence electrons. The maximum Gasteiger partial charge on any atom is 0.407 e. The Morgan fingerprint density at radius 2 is 1.90 bits per heavy atom. The highest BCUT2D eigenvalue weighted by Crippen LogP contribution is 2.35. The number of carbonyl (C=O) groups is 2. The van der Waals surface area contributed by atoms with Crippen molar-refractivity contribution >= 4 is 17.9 Å². The second kappa shape index (κ2) is 16.2. The van der Waals surface area contributed by atoms with Crippen LogP contribution in [0.3, 0.4) is 0 Å². The monoisotopic (exact) mass is 580 g/mol. The summed E-state index contributed by atoms with van der Waals surface area (Å²) in [6.07, 6.45) is -1.09. The largest absolute Gasteiger partial charge is 0.480 e. The van der Waals surface area contributed by atoms with Crippen LogP contribution >= 0.6 is 0 Å². The number of carbonyl (C=O) groups excluding carboxylic acids is 1. The van der Waals surface area contributed by atoms with E-state index < -0.39 is 36.8 Å². The fourth-order valence-corrected chi connectivity index (χ4v) is 4.68. The average Bonchev–Trinajstić information content (AvgIpc) is 2.95. The highest BCUT2D eigenvalue weighted by atomic mass is 19.4. The highest BCUT2D eigenvalue weighted by molar-refractivity contribution is 5.79. The summed E-state index contributed by atoms with van der Waals surface area (Å²) in [4.78, 5) is 30.8. The standard InChI is InChI=1S/C29H39F3N4O5/c1-40-19-18-36(16-6-5-11-23-13-12-22-10-7-15-33-26(22)34-23)17-14-25(27(37)38)35-28(39)41-20-24(29(30,31)32)21-8-3-2-4-9-21/h2-4,8-9,12-13,24-25H,5-7,10-11,14-20H2,1H3,(H,33,34)(H,35,39)(H,37,38). The van der Waals surface area contributed by atoms with Gasteiger partial charge in [-0.15, -0.1) is 0 Å². The van der Waals surface area contributed by atoms with Crippen LogP contribution in [0.5, 0.6) is 0 Å². The van der Waals surface area contributed by atoms with Gasteiger partial charge in [0, 0.05) is 32.4 Å².